The van der Waals surface area contributed by atoms with Gasteiger partial charge >= 0.3 is 5.95 Å². The zero-order chi connectivity index (χ0) is 10.0. The molecular formula is C7H12N4O2. The molecular weight excluding hydrogens is 172 g/mol. The molecule has 1 aromatic rings. The minimum Gasteiger partial charge on any atom is -0.390 e. The lowest BCUT2D eigenvalue weighted by Crippen LogP contribution is -2.09. The summed E-state index contributed by atoms with van der Waals surface area (Å²) < 4.78 is 1.36. The highest BCUT2D eigenvalue weighted by Gasteiger charge is 2.22. The fourth-order valence-corrected chi connectivity index (χ4v) is 1.01. The van der Waals surface area contributed by atoms with Crippen LogP contribution >= 0.6 is 0 Å². The third-order valence-electron chi connectivity index (χ3n) is 1.89. The van der Waals surface area contributed by atoms with Gasteiger partial charge in [-0.2, -0.15) is 0 Å². The third kappa shape index (κ3) is 1.82. The average molecular weight is 184 g/mol. The molecule has 1 aromatic heterocycles. The van der Waals surface area contributed by atoms with Crippen LogP contribution in [-0.2, 0) is 0 Å². The largest absolute Gasteiger partial charge is 0.456 e. The van der Waals surface area contributed by atoms with Crippen LogP contribution in [0.3, 0.4) is 0 Å². The lowest BCUT2D eigenvalue weighted by molar-refractivity contribution is -0.397. The Balaban J connectivity index is 3.11. The maximum atomic E-state index is 10.5. The summed E-state index contributed by atoms with van der Waals surface area (Å²) in [7, 11) is 0. The first-order valence-electron chi connectivity index (χ1n) is 4.13. The number of aromatic nitrogens is 3. The Kier molecular flexibility index (Phi) is 2.60. The molecule has 0 amide bonds. The second-order valence-electron chi connectivity index (χ2n) is 2.92. The summed E-state index contributed by atoms with van der Waals surface area (Å²) in [6.45, 7) is 5.47. The fraction of sp³-hybridized carbons (Fsp3) is 0.714. The van der Waals surface area contributed by atoms with Crippen LogP contribution in [0, 0.1) is 17.0 Å². The second kappa shape index (κ2) is 3.51. The molecule has 72 valence electrons. The van der Waals surface area contributed by atoms with Gasteiger partial charge in [0.2, 0.25) is 5.82 Å². The van der Waals surface area contributed by atoms with Crippen molar-refractivity contribution >= 4 is 5.95 Å². The highest BCUT2D eigenvalue weighted by atomic mass is 16.6. The van der Waals surface area contributed by atoms with Gasteiger partial charge in [0.25, 0.3) is 0 Å². The fourth-order valence-electron chi connectivity index (χ4n) is 1.01. The van der Waals surface area contributed by atoms with E-state index in [1.807, 2.05) is 13.8 Å². The zero-order valence-electron chi connectivity index (χ0n) is 7.89. The monoisotopic (exact) mass is 184 g/mol. The van der Waals surface area contributed by atoms with Gasteiger partial charge in [-0.15, -0.1) is 4.68 Å². The average Bonchev–Trinajstić information content (AvgIpc) is 2.46. The van der Waals surface area contributed by atoms with Crippen LogP contribution in [0.25, 0.3) is 0 Å². The van der Waals surface area contributed by atoms with E-state index in [4.69, 9.17) is 0 Å². The van der Waals surface area contributed by atoms with Gasteiger partial charge in [-0.25, -0.2) is 0 Å². The molecule has 0 bridgehead atoms. The number of aryl methyl sites for hydroxylation is 1. The molecule has 0 saturated carbocycles. The van der Waals surface area contributed by atoms with Gasteiger partial charge in [-0.05, 0) is 23.3 Å². The summed E-state index contributed by atoms with van der Waals surface area (Å²) in [4.78, 5) is 13.8. The van der Waals surface area contributed by atoms with E-state index in [1.165, 1.54) is 4.68 Å². The van der Waals surface area contributed by atoms with E-state index in [9.17, 15) is 10.1 Å². The molecule has 0 spiro atoms. The number of nitro groups is 1. The minimum atomic E-state index is -0.508. The molecule has 1 unspecified atom stereocenters. The molecule has 0 aromatic carbocycles. The molecule has 1 heterocycles. The highest BCUT2D eigenvalue weighted by Crippen LogP contribution is 2.16. The standard InChI is InChI=1S/C7H12N4O2/c1-4-5(2)10-7(11(12)13)8-6(3)9-10/h5H,4H2,1-3H3. The van der Waals surface area contributed by atoms with Gasteiger partial charge in [0.1, 0.15) is 6.04 Å². The first-order valence-corrected chi connectivity index (χ1v) is 4.13. The molecule has 6 nitrogen and oxygen atoms in total. The minimum absolute atomic E-state index is 0.0154. The van der Waals surface area contributed by atoms with E-state index in [0.717, 1.165) is 6.42 Å². The second-order valence-corrected chi connectivity index (χ2v) is 2.92. The predicted octanol–water partition coefficient (Wildman–Crippen LogP) is 1.47. The van der Waals surface area contributed by atoms with Gasteiger partial charge in [0, 0.05) is 6.92 Å². The molecule has 13 heavy (non-hydrogen) atoms. The van der Waals surface area contributed by atoms with Gasteiger partial charge in [0.15, 0.2) is 0 Å². The number of hydrogen-bond acceptors (Lipinski definition) is 4. The molecule has 0 N–H and O–H groups in total. The van der Waals surface area contributed by atoms with Crippen LogP contribution in [0.2, 0.25) is 0 Å². The van der Waals surface area contributed by atoms with Gasteiger partial charge in [-0.3, -0.25) is 0 Å². The van der Waals surface area contributed by atoms with E-state index in [-0.39, 0.29) is 12.0 Å². The highest BCUT2D eigenvalue weighted by molar-refractivity contribution is 5.06. The summed E-state index contributed by atoms with van der Waals surface area (Å²) in [6, 6.07) is 0.0154. The van der Waals surface area contributed by atoms with Crippen molar-refractivity contribution in [1.29, 1.82) is 0 Å². The SMILES string of the molecule is CCC(C)n1nc(C)nc1[N+](=O)[O-]. The Labute approximate surface area is 75.7 Å². The van der Waals surface area contributed by atoms with Crippen molar-refractivity contribution in [3.05, 3.63) is 15.9 Å². The molecule has 0 fully saturated rings. The number of hydrogen-bond donors (Lipinski definition) is 0. The van der Waals surface area contributed by atoms with Gasteiger partial charge in [0.05, 0.1) is 0 Å². The first kappa shape index (κ1) is 9.63. The van der Waals surface area contributed by atoms with Crippen LogP contribution < -0.4 is 0 Å². The van der Waals surface area contributed by atoms with Crippen LogP contribution in [0.1, 0.15) is 32.1 Å². The smallest absolute Gasteiger partial charge is 0.390 e. The molecule has 0 aliphatic heterocycles. The van der Waals surface area contributed by atoms with Crippen molar-refractivity contribution < 1.29 is 4.92 Å². The first-order chi connectivity index (χ1) is 6.06. The van der Waals surface area contributed by atoms with E-state index < -0.39 is 4.92 Å². The van der Waals surface area contributed by atoms with Crippen LogP contribution in [-0.4, -0.2) is 19.7 Å². The predicted molar refractivity (Wildman–Crippen MR) is 46.4 cm³/mol. The number of nitrogens with zero attached hydrogens (tertiary/aromatic N) is 4. The van der Waals surface area contributed by atoms with E-state index in [2.05, 4.69) is 10.1 Å². The maximum absolute atomic E-state index is 10.5. The lowest BCUT2D eigenvalue weighted by Gasteiger charge is -2.04. The van der Waals surface area contributed by atoms with Crippen molar-refractivity contribution in [3.8, 4) is 0 Å². The Hall–Kier alpha value is -1.46. The Morgan fingerprint density at radius 3 is 2.77 bits per heavy atom. The molecule has 0 aliphatic carbocycles. The van der Waals surface area contributed by atoms with Crippen LogP contribution in [0.15, 0.2) is 0 Å². The summed E-state index contributed by atoms with van der Waals surface area (Å²) in [6.07, 6.45) is 0.795. The summed E-state index contributed by atoms with van der Waals surface area (Å²) in [5.41, 5.74) is 0. The van der Waals surface area contributed by atoms with Crippen molar-refractivity contribution in [2.75, 3.05) is 0 Å². The topological polar surface area (TPSA) is 73.8 Å². The van der Waals surface area contributed by atoms with Crippen molar-refractivity contribution in [2.24, 2.45) is 0 Å². The molecule has 6 heteroatoms. The van der Waals surface area contributed by atoms with E-state index in [0.29, 0.717) is 5.82 Å². The van der Waals surface area contributed by atoms with Crippen molar-refractivity contribution in [3.63, 3.8) is 0 Å². The Bertz CT molecular complexity index is 320. The van der Waals surface area contributed by atoms with Gasteiger partial charge in [-0.1, -0.05) is 12.0 Å². The molecule has 0 aliphatic rings. The van der Waals surface area contributed by atoms with Crippen LogP contribution in [0.4, 0.5) is 5.95 Å². The molecule has 1 rings (SSSR count). The summed E-state index contributed by atoms with van der Waals surface area (Å²) in [5.74, 6) is 0.263. The van der Waals surface area contributed by atoms with Crippen molar-refractivity contribution in [2.45, 2.75) is 33.2 Å². The van der Waals surface area contributed by atoms with E-state index in [1.54, 1.807) is 6.92 Å². The molecule has 0 saturated heterocycles. The van der Waals surface area contributed by atoms with Crippen LogP contribution in [0.5, 0.6) is 0 Å². The number of rotatable bonds is 3. The normalized spacial score (nSPS) is 12.8. The third-order valence-corrected chi connectivity index (χ3v) is 1.89. The van der Waals surface area contributed by atoms with Crippen molar-refractivity contribution in [1.82, 2.24) is 14.8 Å². The lowest BCUT2D eigenvalue weighted by atomic mass is 10.3. The summed E-state index contributed by atoms with van der Waals surface area (Å²) >= 11 is 0. The zero-order valence-corrected chi connectivity index (χ0v) is 7.89. The summed E-state index contributed by atoms with van der Waals surface area (Å²) in [5, 5.41) is 14.5. The molecule has 1 atom stereocenters. The quantitative estimate of drug-likeness (QED) is 0.526. The Morgan fingerprint density at radius 2 is 2.31 bits per heavy atom. The molecule has 0 radical (unpaired) electrons. The Morgan fingerprint density at radius 1 is 1.69 bits per heavy atom. The maximum Gasteiger partial charge on any atom is 0.456 e. The van der Waals surface area contributed by atoms with E-state index >= 15 is 0 Å². The van der Waals surface area contributed by atoms with Gasteiger partial charge < -0.3 is 10.1 Å².